The second-order valence-corrected chi connectivity index (χ2v) is 6.49. The van der Waals surface area contributed by atoms with Crippen molar-refractivity contribution in [2.75, 3.05) is 5.32 Å². The second kappa shape index (κ2) is 8.47. The zero-order valence-corrected chi connectivity index (χ0v) is 15.1. The van der Waals surface area contributed by atoms with Gasteiger partial charge in [0.15, 0.2) is 5.78 Å². The third-order valence-electron chi connectivity index (χ3n) is 4.16. The zero-order valence-electron chi connectivity index (χ0n) is 14.3. The third kappa shape index (κ3) is 4.92. The summed E-state index contributed by atoms with van der Waals surface area (Å²) in [5, 5.41) is 14.6. The van der Waals surface area contributed by atoms with Crippen LogP contribution in [0.5, 0.6) is 0 Å². The van der Waals surface area contributed by atoms with Gasteiger partial charge in [0, 0.05) is 34.8 Å². The highest BCUT2D eigenvalue weighted by molar-refractivity contribution is 6.31. The van der Waals surface area contributed by atoms with E-state index in [-0.39, 0.29) is 23.9 Å². The minimum Gasteiger partial charge on any atom is -0.378 e. The molecule has 1 unspecified atom stereocenters. The van der Waals surface area contributed by atoms with E-state index in [1.54, 1.807) is 36.4 Å². The Balaban J connectivity index is 1.83. The second-order valence-electron chi connectivity index (χ2n) is 6.05. The first-order valence-electron chi connectivity index (χ1n) is 8.37. The van der Waals surface area contributed by atoms with Gasteiger partial charge in [0.05, 0.1) is 11.0 Å². The van der Waals surface area contributed by atoms with E-state index in [1.165, 1.54) is 12.1 Å². The van der Waals surface area contributed by atoms with Gasteiger partial charge in [0.2, 0.25) is 0 Å². The molecular formula is C21H17ClN2O3. The summed E-state index contributed by atoms with van der Waals surface area (Å²) >= 11 is 5.99. The van der Waals surface area contributed by atoms with Crippen molar-refractivity contribution in [1.29, 1.82) is 0 Å². The molecule has 0 radical (unpaired) electrons. The Morgan fingerprint density at radius 1 is 1.00 bits per heavy atom. The Morgan fingerprint density at radius 3 is 2.33 bits per heavy atom. The number of nitro benzene ring substituents is 1. The molecule has 0 aliphatic heterocycles. The van der Waals surface area contributed by atoms with Crippen molar-refractivity contribution in [3.63, 3.8) is 0 Å². The van der Waals surface area contributed by atoms with Crippen LogP contribution in [0.4, 0.5) is 11.4 Å². The lowest BCUT2D eigenvalue weighted by Gasteiger charge is -2.20. The maximum Gasteiger partial charge on any atom is 0.269 e. The van der Waals surface area contributed by atoms with E-state index in [1.807, 2.05) is 30.3 Å². The summed E-state index contributed by atoms with van der Waals surface area (Å²) in [4.78, 5) is 23.1. The topological polar surface area (TPSA) is 72.2 Å². The molecule has 5 nitrogen and oxygen atoms in total. The Bertz CT molecular complexity index is 943. The monoisotopic (exact) mass is 380 g/mol. The first-order chi connectivity index (χ1) is 13.0. The first kappa shape index (κ1) is 18.6. The maximum absolute atomic E-state index is 12.7. The largest absolute Gasteiger partial charge is 0.378 e. The summed E-state index contributed by atoms with van der Waals surface area (Å²) in [5.41, 5.74) is 2.22. The number of anilines is 1. The van der Waals surface area contributed by atoms with Crippen molar-refractivity contribution in [1.82, 2.24) is 0 Å². The molecular weight excluding hydrogens is 364 g/mol. The molecule has 1 N–H and O–H groups in total. The van der Waals surface area contributed by atoms with Crippen LogP contribution in [0.2, 0.25) is 5.02 Å². The normalized spacial score (nSPS) is 11.6. The minimum absolute atomic E-state index is 0.0202. The zero-order chi connectivity index (χ0) is 19.2. The van der Waals surface area contributed by atoms with Crippen molar-refractivity contribution in [2.24, 2.45) is 0 Å². The molecule has 1 atom stereocenters. The van der Waals surface area contributed by atoms with Gasteiger partial charge in [0.25, 0.3) is 5.69 Å². The molecule has 3 aromatic rings. The van der Waals surface area contributed by atoms with Gasteiger partial charge < -0.3 is 5.32 Å². The molecule has 6 heteroatoms. The lowest BCUT2D eigenvalue weighted by atomic mass is 9.97. The maximum atomic E-state index is 12.7. The predicted octanol–water partition coefficient (Wildman–Crippen LogP) is 5.67. The molecule has 0 aliphatic rings. The van der Waals surface area contributed by atoms with Crippen molar-refractivity contribution in [3.05, 3.63) is 105 Å². The van der Waals surface area contributed by atoms with Gasteiger partial charge in [-0.15, -0.1) is 0 Å². The molecule has 0 spiro atoms. The number of nitrogens with one attached hydrogen (secondary N) is 1. The summed E-state index contributed by atoms with van der Waals surface area (Å²) in [6.07, 6.45) is 0.224. The highest BCUT2D eigenvalue weighted by Crippen LogP contribution is 2.26. The van der Waals surface area contributed by atoms with Crippen LogP contribution in [-0.2, 0) is 0 Å². The highest BCUT2D eigenvalue weighted by Gasteiger charge is 2.18. The fourth-order valence-electron chi connectivity index (χ4n) is 2.78. The van der Waals surface area contributed by atoms with Gasteiger partial charge in [-0.05, 0) is 29.8 Å². The quantitative estimate of drug-likeness (QED) is 0.325. The van der Waals surface area contributed by atoms with Crippen LogP contribution >= 0.6 is 11.6 Å². The predicted molar refractivity (Wildman–Crippen MR) is 106 cm³/mol. The van der Waals surface area contributed by atoms with E-state index < -0.39 is 4.92 Å². The molecule has 0 fully saturated rings. The lowest BCUT2D eigenvalue weighted by Crippen LogP contribution is -2.15. The van der Waals surface area contributed by atoms with Gasteiger partial charge in [-0.3, -0.25) is 14.9 Å². The van der Waals surface area contributed by atoms with Gasteiger partial charge in [-0.1, -0.05) is 54.1 Å². The van der Waals surface area contributed by atoms with Crippen LogP contribution in [0.3, 0.4) is 0 Å². The number of non-ortho nitro benzene ring substituents is 1. The number of nitrogens with zero attached hydrogens (tertiary/aromatic N) is 1. The number of halogens is 1. The van der Waals surface area contributed by atoms with Crippen LogP contribution in [0.1, 0.15) is 28.4 Å². The standard InChI is InChI=1S/C21H17ClN2O3/c22-17-8-4-7-16(13-17)21(25)14-20(15-5-2-1-3-6-15)23-18-9-11-19(12-10-18)24(26)27/h1-13,20,23H,14H2. The molecule has 3 rings (SSSR count). The molecule has 0 aromatic heterocycles. The highest BCUT2D eigenvalue weighted by atomic mass is 35.5. The molecule has 0 aliphatic carbocycles. The lowest BCUT2D eigenvalue weighted by molar-refractivity contribution is -0.384. The van der Waals surface area contributed by atoms with E-state index >= 15 is 0 Å². The molecule has 0 bridgehead atoms. The van der Waals surface area contributed by atoms with Crippen LogP contribution < -0.4 is 5.32 Å². The summed E-state index contributed by atoms with van der Waals surface area (Å²) in [6, 6.07) is 22.3. The number of hydrogen-bond acceptors (Lipinski definition) is 4. The van der Waals surface area contributed by atoms with E-state index in [4.69, 9.17) is 11.6 Å². The molecule has 0 saturated carbocycles. The van der Waals surface area contributed by atoms with Crippen molar-refractivity contribution < 1.29 is 9.72 Å². The fourth-order valence-corrected chi connectivity index (χ4v) is 2.97. The SMILES string of the molecule is O=C(CC(Nc1ccc([N+](=O)[O-])cc1)c1ccccc1)c1cccc(Cl)c1. The molecule has 27 heavy (non-hydrogen) atoms. The fraction of sp³-hybridized carbons (Fsp3) is 0.0952. The van der Waals surface area contributed by atoms with Crippen molar-refractivity contribution >= 4 is 28.8 Å². The Labute approximate surface area is 161 Å². The van der Waals surface area contributed by atoms with Crippen LogP contribution in [0, 0.1) is 10.1 Å². The number of Topliss-reactive ketones (excluding diaryl/α,β-unsaturated/α-hetero) is 1. The van der Waals surface area contributed by atoms with E-state index in [0.29, 0.717) is 16.3 Å². The van der Waals surface area contributed by atoms with Gasteiger partial charge in [-0.2, -0.15) is 0 Å². The molecule has 136 valence electrons. The van der Waals surface area contributed by atoms with Crippen molar-refractivity contribution in [3.8, 4) is 0 Å². The number of ketones is 1. The number of nitro groups is 1. The summed E-state index contributed by atoms with van der Waals surface area (Å²) < 4.78 is 0. The molecule has 0 heterocycles. The van der Waals surface area contributed by atoms with E-state index in [0.717, 1.165) is 5.56 Å². The average molecular weight is 381 g/mol. The summed E-state index contributed by atoms with van der Waals surface area (Å²) in [7, 11) is 0. The van der Waals surface area contributed by atoms with Crippen molar-refractivity contribution in [2.45, 2.75) is 12.5 Å². The molecule has 0 saturated heterocycles. The number of rotatable bonds is 7. The minimum atomic E-state index is -0.443. The third-order valence-corrected chi connectivity index (χ3v) is 4.39. The Hall–Kier alpha value is -3.18. The van der Waals surface area contributed by atoms with E-state index in [2.05, 4.69) is 5.32 Å². The smallest absolute Gasteiger partial charge is 0.269 e. The number of hydrogen-bond donors (Lipinski definition) is 1. The van der Waals surface area contributed by atoms with Crippen LogP contribution in [-0.4, -0.2) is 10.7 Å². The van der Waals surface area contributed by atoms with Gasteiger partial charge in [-0.25, -0.2) is 0 Å². The number of carbonyl (C=O) groups is 1. The first-order valence-corrected chi connectivity index (χ1v) is 8.75. The number of carbonyl (C=O) groups excluding carboxylic acids is 1. The van der Waals surface area contributed by atoms with Crippen LogP contribution in [0.15, 0.2) is 78.9 Å². The summed E-state index contributed by atoms with van der Waals surface area (Å²) in [5.74, 6) is -0.0410. The number of benzene rings is 3. The Morgan fingerprint density at radius 2 is 1.70 bits per heavy atom. The van der Waals surface area contributed by atoms with Crippen LogP contribution in [0.25, 0.3) is 0 Å². The Kier molecular flexibility index (Phi) is 5.84. The summed E-state index contributed by atoms with van der Waals surface area (Å²) in [6.45, 7) is 0. The average Bonchev–Trinajstić information content (AvgIpc) is 2.68. The molecule has 0 amide bonds. The van der Waals surface area contributed by atoms with Gasteiger partial charge >= 0.3 is 0 Å². The van der Waals surface area contributed by atoms with Gasteiger partial charge in [0.1, 0.15) is 0 Å². The molecule has 3 aromatic carbocycles. The van der Waals surface area contributed by atoms with E-state index in [9.17, 15) is 14.9 Å².